The van der Waals surface area contributed by atoms with Gasteiger partial charge in [-0.2, -0.15) is 0 Å². The van der Waals surface area contributed by atoms with Gasteiger partial charge in [-0.15, -0.1) is 0 Å². The van der Waals surface area contributed by atoms with Crippen LogP contribution in [0.4, 0.5) is 0 Å². The number of H-pyrrole nitrogens is 1. The number of fused-ring (bicyclic) bond motifs is 1. The van der Waals surface area contributed by atoms with Gasteiger partial charge in [0.1, 0.15) is 5.82 Å². The highest BCUT2D eigenvalue weighted by molar-refractivity contribution is 5.82. The third-order valence-electron chi connectivity index (χ3n) is 4.69. The van der Waals surface area contributed by atoms with Gasteiger partial charge >= 0.3 is 0 Å². The van der Waals surface area contributed by atoms with Gasteiger partial charge in [0.25, 0.3) is 0 Å². The first kappa shape index (κ1) is 11.9. The minimum atomic E-state index is 0.141. The van der Waals surface area contributed by atoms with Crippen molar-refractivity contribution in [3.63, 3.8) is 0 Å². The summed E-state index contributed by atoms with van der Waals surface area (Å²) in [5.74, 6) is 2.12. The summed E-state index contributed by atoms with van der Waals surface area (Å²) in [5.41, 5.74) is 2.04. The van der Waals surface area contributed by atoms with Crippen molar-refractivity contribution in [2.75, 3.05) is 6.54 Å². The molecular formula is C16H19N3O. The normalized spacial score (nSPS) is 29.1. The largest absolute Gasteiger partial charge is 0.340 e. The number of hydrogen-bond donors (Lipinski definition) is 1. The highest BCUT2D eigenvalue weighted by Crippen LogP contribution is 2.42. The average Bonchev–Trinajstić information content (AvgIpc) is 2.92. The summed E-state index contributed by atoms with van der Waals surface area (Å²) in [7, 11) is 0. The third kappa shape index (κ3) is 1.82. The van der Waals surface area contributed by atoms with Crippen molar-refractivity contribution in [3.8, 4) is 0 Å². The number of aromatic nitrogens is 2. The number of carbonyl (C=O) groups is 1. The molecule has 1 saturated carbocycles. The molecule has 2 aromatic rings. The zero-order chi connectivity index (χ0) is 13.7. The van der Waals surface area contributed by atoms with Crippen molar-refractivity contribution in [1.82, 2.24) is 14.9 Å². The Morgan fingerprint density at radius 2 is 2.20 bits per heavy atom. The van der Waals surface area contributed by atoms with E-state index in [2.05, 4.69) is 16.9 Å². The molecule has 1 N–H and O–H groups in total. The van der Waals surface area contributed by atoms with Gasteiger partial charge in [0, 0.05) is 12.5 Å². The Morgan fingerprint density at radius 1 is 1.40 bits per heavy atom. The predicted octanol–water partition coefficient (Wildman–Crippen LogP) is 2.88. The number of amides is 1. The lowest BCUT2D eigenvalue weighted by atomic mass is 10.2. The van der Waals surface area contributed by atoms with E-state index >= 15 is 0 Å². The fraction of sp³-hybridized carbons (Fsp3) is 0.500. The number of imidazole rings is 1. The molecule has 4 heteroatoms. The van der Waals surface area contributed by atoms with E-state index in [-0.39, 0.29) is 12.0 Å². The third-order valence-corrected chi connectivity index (χ3v) is 4.69. The first-order chi connectivity index (χ1) is 9.74. The molecule has 1 aliphatic heterocycles. The topological polar surface area (TPSA) is 49.0 Å². The number of aromatic amines is 1. The second kappa shape index (κ2) is 4.33. The van der Waals surface area contributed by atoms with Gasteiger partial charge in [0.05, 0.1) is 17.1 Å². The molecule has 104 valence electrons. The molecule has 1 aliphatic carbocycles. The van der Waals surface area contributed by atoms with Gasteiger partial charge in [-0.1, -0.05) is 19.1 Å². The van der Waals surface area contributed by atoms with Crippen LogP contribution in [-0.4, -0.2) is 27.3 Å². The molecule has 0 spiro atoms. The van der Waals surface area contributed by atoms with E-state index in [4.69, 9.17) is 0 Å². The number of rotatable bonds is 2. The monoisotopic (exact) mass is 269 g/mol. The molecule has 0 bridgehead atoms. The maximum atomic E-state index is 12.5. The Kier molecular flexibility index (Phi) is 2.59. The summed E-state index contributed by atoms with van der Waals surface area (Å²) in [6, 6.07) is 8.20. The SMILES string of the molecule is CC1CC1C(=O)N1CCCC1c1nc2ccccc2[nH]1. The fourth-order valence-corrected chi connectivity index (χ4v) is 3.32. The van der Waals surface area contributed by atoms with Crippen molar-refractivity contribution >= 4 is 16.9 Å². The van der Waals surface area contributed by atoms with Crippen molar-refractivity contribution in [2.24, 2.45) is 11.8 Å². The molecule has 1 aromatic carbocycles. The van der Waals surface area contributed by atoms with E-state index < -0.39 is 0 Å². The second-order valence-electron chi connectivity index (χ2n) is 6.15. The first-order valence-electron chi connectivity index (χ1n) is 7.49. The molecule has 4 nitrogen and oxygen atoms in total. The van der Waals surface area contributed by atoms with Crippen molar-refractivity contribution < 1.29 is 4.79 Å². The van der Waals surface area contributed by atoms with Gasteiger partial charge in [0.15, 0.2) is 0 Å². The van der Waals surface area contributed by atoms with Crippen molar-refractivity contribution in [2.45, 2.75) is 32.2 Å². The maximum absolute atomic E-state index is 12.5. The number of nitrogens with one attached hydrogen (secondary N) is 1. The maximum Gasteiger partial charge on any atom is 0.226 e. The van der Waals surface area contributed by atoms with Crippen LogP contribution in [0.1, 0.15) is 38.1 Å². The molecule has 0 radical (unpaired) electrons. The van der Waals surface area contributed by atoms with Crippen LogP contribution in [0, 0.1) is 11.8 Å². The number of hydrogen-bond acceptors (Lipinski definition) is 2. The van der Waals surface area contributed by atoms with Crippen LogP contribution in [0.2, 0.25) is 0 Å². The van der Waals surface area contributed by atoms with Crippen LogP contribution < -0.4 is 0 Å². The molecule has 4 rings (SSSR count). The summed E-state index contributed by atoms with van der Waals surface area (Å²) in [6.45, 7) is 3.04. The predicted molar refractivity (Wildman–Crippen MR) is 77.1 cm³/mol. The van der Waals surface area contributed by atoms with E-state index in [1.54, 1.807) is 0 Å². The highest BCUT2D eigenvalue weighted by Gasteiger charge is 2.44. The van der Waals surface area contributed by atoms with E-state index in [0.717, 1.165) is 42.7 Å². The lowest BCUT2D eigenvalue weighted by molar-refractivity contribution is -0.133. The molecule has 1 aromatic heterocycles. The molecule has 2 aliphatic rings. The Labute approximate surface area is 118 Å². The average molecular weight is 269 g/mol. The summed E-state index contributed by atoms with van der Waals surface area (Å²) < 4.78 is 0. The van der Waals surface area contributed by atoms with Gasteiger partial charge in [-0.3, -0.25) is 4.79 Å². The van der Waals surface area contributed by atoms with Crippen LogP contribution >= 0.6 is 0 Å². The fourth-order valence-electron chi connectivity index (χ4n) is 3.32. The van der Waals surface area contributed by atoms with Crippen molar-refractivity contribution in [1.29, 1.82) is 0 Å². The van der Waals surface area contributed by atoms with E-state index in [9.17, 15) is 4.79 Å². The van der Waals surface area contributed by atoms with Gasteiger partial charge < -0.3 is 9.88 Å². The second-order valence-corrected chi connectivity index (χ2v) is 6.15. The smallest absolute Gasteiger partial charge is 0.226 e. The molecule has 3 atom stereocenters. The molecule has 2 fully saturated rings. The van der Waals surface area contributed by atoms with Gasteiger partial charge in [-0.05, 0) is 37.3 Å². The zero-order valence-corrected chi connectivity index (χ0v) is 11.7. The molecule has 3 unspecified atom stereocenters. The minimum absolute atomic E-state index is 0.141. The van der Waals surface area contributed by atoms with E-state index in [1.165, 1.54) is 0 Å². The Bertz CT molecular complexity index is 630. The summed E-state index contributed by atoms with van der Waals surface area (Å²) in [4.78, 5) is 22.6. The zero-order valence-electron chi connectivity index (χ0n) is 11.7. The number of carbonyl (C=O) groups excluding carboxylic acids is 1. The van der Waals surface area contributed by atoms with Crippen molar-refractivity contribution in [3.05, 3.63) is 30.1 Å². The van der Waals surface area contributed by atoms with E-state index in [1.807, 2.05) is 29.2 Å². The highest BCUT2D eigenvalue weighted by atomic mass is 16.2. The first-order valence-corrected chi connectivity index (χ1v) is 7.49. The summed E-state index contributed by atoms with van der Waals surface area (Å²) >= 11 is 0. The Balaban J connectivity index is 1.64. The lowest BCUT2D eigenvalue weighted by Gasteiger charge is -2.23. The molecule has 1 saturated heterocycles. The number of nitrogens with zero attached hydrogens (tertiary/aromatic N) is 2. The van der Waals surface area contributed by atoms with Crippen LogP contribution in [-0.2, 0) is 4.79 Å². The van der Waals surface area contributed by atoms with E-state index in [0.29, 0.717) is 11.8 Å². The van der Waals surface area contributed by atoms with Gasteiger partial charge in [-0.25, -0.2) is 4.98 Å². The van der Waals surface area contributed by atoms with Crippen LogP contribution in [0.25, 0.3) is 11.0 Å². The minimum Gasteiger partial charge on any atom is -0.340 e. The number of likely N-dealkylation sites (tertiary alicyclic amines) is 1. The number of para-hydroxylation sites is 2. The standard InChI is InChI=1S/C16H19N3O/c1-10-9-11(10)16(20)19-8-4-7-14(19)15-17-12-5-2-3-6-13(12)18-15/h2-3,5-6,10-11,14H,4,7-9H2,1H3,(H,17,18). The Morgan fingerprint density at radius 3 is 2.95 bits per heavy atom. The summed E-state index contributed by atoms with van der Waals surface area (Å²) in [6.07, 6.45) is 3.16. The quantitative estimate of drug-likeness (QED) is 0.911. The molecular weight excluding hydrogens is 250 g/mol. The molecule has 1 amide bonds. The summed E-state index contributed by atoms with van der Waals surface area (Å²) in [5, 5.41) is 0. The van der Waals surface area contributed by atoms with Crippen LogP contribution in [0.3, 0.4) is 0 Å². The Hall–Kier alpha value is -1.84. The number of benzene rings is 1. The van der Waals surface area contributed by atoms with Crippen LogP contribution in [0.5, 0.6) is 0 Å². The van der Waals surface area contributed by atoms with Gasteiger partial charge in [0.2, 0.25) is 5.91 Å². The lowest BCUT2D eigenvalue weighted by Crippen LogP contribution is -2.32. The van der Waals surface area contributed by atoms with Crippen LogP contribution in [0.15, 0.2) is 24.3 Å². The molecule has 2 heterocycles. The molecule has 20 heavy (non-hydrogen) atoms.